The van der Waals surface area contributed by atoms with Gasteiger partial charge in [-0.3, -0.25) is 4.79 Å². The summed E-state index contributed by atoms with van der Waals surface area (Å²) in [4.78, 5) is 14.2. The zero-order valence-electron chi connectivity index (χ0n) is 12.1. The van der Waals surface area contributed by atoms with Crippen LogP contribution in [0.4, 0.5) is 4.39 Å². The first-order chi connectivity index (χ1) is 9.95. The molecule has 0 radical (unpaired) electrons. The molecule has 1 N–H and O–H groups in total. The monoisotopic (exact) mass is 291 g/mol. The number of carbonyl (C=O) groups excluding carboxylic acids is 1. The van der Waals surface area contributed by atoms with Crippen LogP contribution in [0, 0.1) is 17.7 Å². The standard InChI is InChI=1S/C16H18FNO3/c1-16(2)11-21-9-7-18(16)15(20)13-6-5-12(4-3-8-19)14(17)10-13/h5-6,10,19H,7-9,11H2,1-2H3. The highest BCUT2D eigenvalue weighted by Gasteiger charge is 2.34. The number of carbonyl (C=O) groups is 1. The number of morpholine rings is 1. The molecule has 1 fully saturated rings. The molecule has 0 spiro atoms. The highest BCUT2D eigenvalue weighted by Crippen LogP contribution is 2.22. The van der Waals surface area contributed by atoms with Gasteiger partial charge in [-0.2, -0.15) is 0 Å². The first kappa shape index (κ1) is 15.5. The van der Waals surface area contributed by atoms with Crippen LogP contribution in [0.2, 0.25) is 0 Å². The van der Waals surface area contributed by atoms with Gasteiger partial charge in [-0.05, 0) is 32.0 Å². The van der Waals surface area contributed by atoms with E-state index in [0.29, 0.717) is 19.8 Å². The van der Waals surface area contributed by atoms with Crippen LogP contribution in [-0.2, 0) is 4.74 Å². The fourth-order valence-corrected chi connectivity index (χ4v) is 2.27. The summed E-state index contributed by atoms with van der Waals surface area (Å²) >= 11 is 0. The third-order valence-electron chi connectivity index (χ3n) is 3.41. The third-order valence-corrected chi connectivity index (χ3v) is 3.41. The van der Waals surface area contributed by atoms with Crippen molar-refractivity contribution in [2.75, 3.05) is 26.4 Å². The molecule has 0 atom stereocenters. The molecule has 1 saturated heterocycles. The Kier molecular flexibility index (Phi) is 4.61. The summed E-state index contributed by atoms with van der Waals surface area (Å²) in [6, 6.07) is 4.20. The number of aliphatic hydroxyl groups excluding tert-OH is 1. The number of aliphatic hydroxyl groups is 1. The molecule has 1 heterocycles. The molecule has 1 aliphatic rings. The van der Waals surface area contributed by atoms with E-state index in [0.717, 1.165) is 0 Å². The van der Waals surface area contributed by atoms with Gasteiger partial charge in [0.25, 0.3) is 5.91 Å². The largest absolute Gasteiger partial charge is 0.384 e. The molecule has 2 rings (SSSR count). The second-order valence-electron chi connectivity index (χ2n) is 5.48. The lowest BCUT2D eigenvalue weighted by molar-refractivity contribution is -0.0370. The van der Waals surface area contributed by atoms with Gasteiger partial charge in [0.2, 0.25) is 0 Å². The van der Waals surface area contributed by atoms with Gasteiger partial charge >= 0.3 is 0 Å². The van der Waals surface area contributed by atoms with Crippen LogP contribution in [0.25, 0.3) is 0 Å². The van der Waals surface area contributed by atoms with Gasteiger partial charge in [0.15, 0.2) is 0 Å². The molecule has 0 saturated carbocycles. The van der Waals surface area contributed by atoms with Crippen molar-refractivity contribution in [3.63, 3.8) is 0 Å². The minimum Gasteiger partial charge on any atom is -0.384 e. The molecule has 0 aromatic heterocycles. The molecule has 1 amide bonds. The van der Waals surface area contributed by atoms with E-state index in [2.05, 4.69) is 11.8 Å². The summed E-state index contributed by atoms with van der Waals surface area (Å²) in [6.07, 6.45) is 0. The lowest BCUT2D eigenvalue weighted by Crippen LogP contribution is -2.55. The fraction of sp³-hybridized carbons (Fsp3) is 0.438. The SMILES string of the molecule is CC1(C)COCCN1C(=O)c1ccc(C#CCO)c(F)c1. The van der Waals surface area contributed by atoms with Crippen LogP contribution in [0.1, 0.15) is 29.8 Å². The zero-order chi connectivity index (χ0) is 15.5. The summed E-state index contributed by atoms with van der Waals surface area (Å²) in [5.74, 6) is 4.11. The fourth-order valence-electron chi connectivity index (χ4n) is 2.27. The van der Waals surface area contributed by atoms with Crippen molar-refractivity contribution in [1.82, 2.24) is 4.90 Å². The summed E-state index contributed by atoms with van der Waals surface area (Å²) < 4.78 is 19.3. The Balaban J connectivity index is 2.25. The smallest absolute Gasteiger partial charge is 0.254 e. The molecule has 0 unspecified atom stereocenters. The van der Waals surface area contributed by atoms with Gasteiger partial charge in [0.1, 0.15) is 12.4 Å². The summed E-state index contributed by atoms with van der Waals surface area (Å²) in [5, 5.41) is 8.62. The quantitative estimate of drug-likeness (QED) is 0.796. The van der Waals surface area contributed by atoms with Crippen molar-refractivity contribution in [2.45, 2.75) is 19.4 Å². The maximum Gasteiger partial charge on any atom is 0.254 e. The number of amides is 1. The maximum atomic E-state index is 13.9. The van der Waals surface area contributed by atoms with E-state index in [4.69, 9.17) is 9.84 Å². The van der Waals surface area contributed by atoms with Crippen molar-refractivity contribution >= 4 is 5.91 Å². The van der Waals surface area contributed by atoms with Gasteiger partial charge in [0.05, 0.1) is 24.3 Å². The lowest BCUT2D eigenvalue weighted by atomic mass is 10.0. The Morgan fingerprint density at radius 3 is 2.90 bits per heavy atom. The van der Waals surface area contributed by atoms with E-state index in [-0.39, 0.29) is 23.6 Å². The van der Waals surface area contributed by atoms with Gasteiger partial charge in [0, 0.05) is 12.1 Å². The molecule has 21 heavy (non-hydrogen) atoms. The Bertz CT molecular complexity index is 601. The number of hydrogen-bond donors (Lipinski definition) is 1. The summed E-state index contributed by atoms with van der Waals surface area (Å²) in [5.41, 5.74) is 0.0418. The second kappa shape index (κ2) is 6.25. The van der Waals surface area contributed by atoms with Crippen molar-refractivity contribution in [3.05, 3.63) is 35.1 Å². The third kappa shape index (κ3) is 3.41. The molecule has 1 aromatic rings. The molecule has 0 bridgehead atoms. The number of halogens is 1. The molecule has 112 valence electrons. The Hall–Kier alpha value is -1.90. The Morgan fingerprint density at radius 1 is 1.52 bits per heavy atom. The first-order valence-electron chi connectivity index (χ1n) is 6.75. The van der Waals surface area contributed by atoms with Crippen LogP contribution in [0.5, 0.6) is 0 Å². The maximum absolute atomic E-state index is 13.9. The predicted octanol–water partition coefficient (Wildman–Crippen LogP) is 1.42. The highest BCUT2D eigenvalue weighted by atomic mass is 19.1. The molecule has 4 nitrogen and oxygen atoms in total. The molecular weight excluding hydrogens is 273 g/mol. The van der Waals surface area contributed by atoms with Gasteiger partial charge in [-0.25, -0.2) is 4.39 Å². The van der Waals surface area contributed by atoms with Crippen molar-refractivity contribution in [2.24, 2.45) is 0 Å². The topological polar surface area (TPSA) is 49.8 Å². The molecule has 1 aromatic carbocycles. The van der Waals surface area contributed by atoms with Gasteiger partial charge < -0.3 is 14.7 Å². The highest BCUT2D eigenvalue weighted by molar-refractivity contribution is 5.95. The zero-order valence-corrected chi connectivity index (χ0v) is 12.1. The second-order valence-corrected chi connectivity index (χ2v) is 5.48. The van der Waals surface area contributed by atoms with Crippen LogP contribution in [-0.4, -0.2) is 47.8 Å². The number of nitrogens with zero attached hydrogens (tertiary/aromatic N) is 1. The van der Waals surface area contributed by atoms with Crippen LogP contribution >= 0.6 is 0 Å². The van der Waals surface area contributed by atoms with E-state index < -0.39 is 11.4 Å². The summed E-state index contributed by atoms with van der Waals surface area (Å²) in [7, 11) is 0. The number of hydrogen-bond acceptors (Lipinski definition) is 3. The average molecular weight is 291 g/mol. The molecule has 5 heteroatoms. The normalized spacial score (nSPS) is 17.0. The van der Waals surface area contributed by atoms with E-state index in [1.54, 1.807) is 11.0 Å². The predicted molar refractivity (Wildman–Crippen MR) is 76.3 cm³/mol. The van der Waals surface area contributed by atoms with Crippen LogP contribution in [0.3, 0.4) is 0 Å². The molecular formula is C16H18FNO3. The Labute approximate surface area is 123 Å². The first-order valence-corrected chi connectivity index (χ1v) is 6.75. The minimum atomic E-state index is -0.562. The van der Waals surface area contributed by atoms with Crippen molar-refractivity contribution in [3.8, 4) is 11.8 Å². The van der Waals surface area contributed by atoms with Crippen molar-refractivity contribution < 1.29 is 19.0 Å². The van der Waals surface area contributed by atoms with Crippen LogP contribution in [0.15, 0.2) is 18.2 Å². The van der Waals surface area contributed by atoms with E-state index in [1.165, 1.54) is 12.1 Å². The van der Waals surface area contributed by atoms with E-state index in [9.17, 15) is 9.18 Å². The molecule has 1 aliphatic heterocycles. The summed E-state index contributed by atoms with van der Waals surface area (Å²) in [6.45, 7) is 4.93. The van der Waals surface area contributed by atoms with E-state index >= 15 is 0 Å². The Morgan fingerprint density at radius 2 is 2.29 bits per heavy atom. The minimum absolute atomic E-state index is 0.168. The van der Waals surface area contributed by atoms with Gasteiger partial charge in [-0.1, -0.05) is 11.8 Å². The number of rotatable bonds is 1. The van der Waals surface area contributed by atoms with E-state index in [1.807, 2.05) is 13.8 Å². The van der Waals surface area contributed by atoms with Crippen LogP contribution < -0.4 is 0 Å². The average Bonchev–Trinajstić information content (AvgIpc) is 2.45. The van der Waals surface area contributed by atoms with Gasteiger partial charge in [-0.15, -0.1) is 0 Å². The molecule has 0 aliphatic carbocycles. The lowest BCUT2D eigenvalue weighted by Gasteiger charge is -2.42. The number of ether oxygens (including phenoxy) is 1. The number of benzene rings is 1. The van der Waals surface area contributed by atoms with Crippen molar-refractivity contribution in [1.29, 1.82) is 0 Å².